The van der Waals surface area contributed by atoms with Gasteiger partial charge in [-0.25, -0.2) is 0 Å². The van der Waals surface area contributed by atoms with E-state index in [4.69, 9.17) is 0 Å². The van der Waals surface area contributed by atoms with Crippen LogP contribution >= 0.6 is 0 Å². The Morgan fingerprint density at radius 3 is 2.57 bits per heavy atom. The van der Waals surface area contributed by atoms with Gasteiger partial charge < -0.3 is 19.1 Å². The lowest BCUT2D eigenvalue weighted by molar-refractivity contribution is 0.0762. The van der Waals surface area contributed by atoms with Crippen molar-refractivity contribution in [2.24, 2.45) is 0 Å². The molecule has 0 saturated carbocycles. The van der Waals surface area contributed by atoms with Gasteiger partial charge in [-0.3, -0.25) is 4.79 Å². The lowest BCUT2D eigenvalue weighted by Gasteiger charge is -2.22. The average Bonchev–Trinajstić information content (AvgIpc) is 3.02. The number of pyridine rings is 1. The van der Waals surface area contributed by atoms with Gasteiger partial charge in [0, 0.05) is 44.9 Å². The normalized spacial score (nSPS) is 15.6. The summed E-state index contributed by atoms with van der Waals surface area (Å²) < 4.78 is 2.13. The highest BCUT2D eigenvalue weighted by Gasteiger charge is 2.20. The minimum absolute atomic E-state index is 0.127. The van der Waals surface area contributed by atoms with Crippen LogP contribution in [0.25, 0.3) is 5.52 Å². The predicted octanol–water partition coefficient (Wildman–Crippen LogP) is 3.35. The number of anilines is 1. The second-order valence-electron chi connectivity index (χ2n) is 7.69. The summed E-state index contributed by atoms with van der Waals surface area (Å²) in [6.07, 6.45) is 3.02. The average molecular weight is 377 g/mol. The first kappa shape index (κ1) is 18.6. The Bertz CT molecular complexity index is 950. The molecule has 1 aliphatic rings. The molecule has 1 amide bonds. The lowest BCUT2D eigenvalue weighted by atomic mass is 10.2. The number of nitrogens with zero attached hydrogens (tertiary/aromatic N) is 4. The lowest BCUT2D eigenvalue weighted by Crippen LogP contribution is -2.34. The van der Waals surface area contributed by atoms with Crippen molar-refractivity contribution < 1.29 is 4.79 Å². The van der Waals surface area contributed by atoms with E-state index in [0.717, 1.165) is 56.0 Å². The van der Waals surface area contributed by atoms with Gasteiger partial charge in [-0.05, 0) is 49.8 Å². The van der Waals surface area contributed by atoms with Crippen LogP contribution in [-0.4, -0.2) is 60.4 Å². The van der Waals surface area contributed by atoms with Gasteiger partial charge in [-0.15, -0.1) is 0 Å². The number of fused-ring (bicyclic) bond motifs is 1. The van der Waals surface area contributed by atoms with E-state index in [1.54, 1.807) is 0 Å². The van der Waals surface area contributed by atoms with Gasteiger partial charge in [0.15, 0.2) is 0 Å². The number of benzene rings is 1. The Hall–Kier alpha value is -2.79. The molecule has 0 aliphatic carbocycles. The van der Waals surface area contributed by atoms with E-state index < -0.39 is 0 Å². The highest BCUT2D eigenvalue weighted by Crippen LogP contribution is 2.22. The van der Waals surface area contributed by atoms with Crippen molar-refractivity contribution >= 4 is 17.2 Å². The molecule has 5 nitrogen and oxygen atoms in total. The van der Waals surface area contributed by atoms with E-state index in [1.165, 1.54) is 5.56 Å². The maximum Gasteiger partial charge on any atom is 0.255 e. The van der Waals surface area contributed by atoms with Crippen molar-refractivity contribution in [2.75, 3.05) is 45.2 Å². The molecular weight excluding hydrogens is 348 g/mol. The fourth-order valence-corrected chi connectivity index (χ4v) is 3.89. The summed E-state index contributed by atoms with van der Waals surface area (Å²) in [6.45, 7) is 4.43. The molecule has 5 heteroatoms. The Kier molecular flexibility index (Phi) is 5.35. The van der Waals surface area contributed by atoms with Gasteiger partial charge in [-0.2, -0.15) is 0 Å². The quantitative estimate of drug-likeness (QED) is 0.700. The second kappa shape index (κ2) is 8.07. The first-order chi connectivity index (χ1) is 13.6. The van der Waals surface area contributed by atoms with Crippen molar-refractivity contribution in [1.29, 1.82) is 0 Å². The third-order valence-electron chi connectivity index (χ3n) is 5.54. The molecule has 0 radical (unpaired) electrons. The first-order valence-electron chi connectivity index (χ1n) is 9.96. The number of amides is 1. The standard InChI is InChI=1S/C23H28N4O/c1-24-13-6-14-26(16-15-24)23(28)20-9-10-21-11-12-22(27(21)18-20)25(2)17-19-7-4-3-5-8-19/h3-5,7-12,18H,6,13-17H2,1-2H3. The van der Waals surface area contributed by atoms with Crippen LogP contribution in [0.3, 0.4) is 0 Å². The number of hydrogen-bond donors (Lipinski definition) is 0. The number of carbonyl (C=O) groups is 1. The van der Waals surface area contributed by atoms with Crippen LogP contribution in [0, 0.1) is 0 Å². The summed E-state index contributed by atoms with van der Waals surface area (Å²) in [6, 6.07) is 18.6. The van der Waals surface area contributed by atoms with Gasteiger partial charge >= 0.3 is 0 Å². The smallest absolute Gasteiger partial charge is 0.255 e. The molecule has 3 heterocycles. The maximum atomic E-state index is 13.1. The number of rotatable bonds is 4. The highest BCUT2D eigenvalue weighted by atomic mass is 16.2. The van der Waals surface area contributed by atoms with Gasteiger partial charge in [0.1, 0.15) is 5.82 Å². The van der Waals surface area contributed by atoms with Gasteiger partial charge in [0.2, 0.25) is 0 Å². The molecule has 3 aromatic rings. The fraction of sp³-hybridized carbons (Fsp3) is 0.348. The van der Waals surface area contributed by atoms with Crippen LogP contribution in [0.15, 0.2) is 60.8 Å². The van der Waals surface area contributed by atoms with E-state index in [2.05, 4.69) is 64.7 Å². The molecule has 1 saturated heterocycles. The van der Waals surface area contributed by atoms with Crippen LogP contribution in [0.1, 0.15) is 22.3 Å². The molecule has 1 aliphatic heterocycles. The predicted molar refractivity (Wildman–Crippen MR) is 114 cm³/mol. The Morgan fingerprint density at radius 1 is 0.964 bits per heavy atom. The summed E-state index contributed by atoms with van der Waals surface area (Å²) in [5, 5.41) is 0. The van der Waals surface area contributed by atoms with Crippen LogP contribution in [0.5, 0.6) is 0 Å². The van der Waals surface area contributed by atoms with E-state index in [-0.39, 0.29) is 5.91 Å². The Balaban J connectivity index is 1.58. The third kappa shape index (κ3) is 3.90. The fourth-order valence-electron chi connectivity index (χ4n) is 3.89. The zero-order valence-electron chi connectivity index (χ0n) is 16.7. The van der Waals surface area contributed by atoms with Crippen molar-refractivity contribution in [3.05, 3.63) is 71.9 Å². The van der Waals surface area contributed by atoms with E-state index >= 15 is 0 Å². The summed E-state index contributed by atoms with van der Waals surface area (Å²) >= 11 is 0. The molecule has 0 bridgehead atoms. The minimum atomic E-state index is 0.127. The number of aromatic nitrogens is 1. The topological polar surface area (TPSA) is 31.2 Å². The highest BCUT2D eigenvalue weighted by molar-refractivity contribution is 5.94. The molecule has 0 unspecified atom stereocenters. The molecule has 1 fully saturated rings. The molecular formula is C23H28N4O. The minimum Gasteiger partial charge on any atom is -0.356 e. The zero-order chi connectivity index (χ0) is 19.5. The van der Waals surface area contributed by atoms with Crippen LogP contribution in [0.2, 0.25) is 0 Å². The molecule has 4 rings (SSSR count). The Morgan fingerprint density at radius 2 is 1.75 bits per heavy atom. The van der Waals surface area contributed by atoms with Crippen LogP contribution in [0.4, 0.5) is 5.82 Å². The maximum absolute atomic E-state index is 13.1. The first-order valence-corrected chi connectivity index (χ1v) is 9.96. The van der Waals surface area contributed by atoms with Crippen molar-refractivity contribution in [2.45, 2.75) is 13.0 Å². The second-order valence-corrected chi connectivity index (χ2v) is 7.69. The van der Waals surface area contributed by atoms with Crippen molar-refractivity contribution in [3.8, 4) is 0 Å². The van der Waals surface area contributed by atoms with Crippen LogP contribution < -0.4 is 4.90 Å². The number of hydrogen-bond acceptors (Lipinski definition) is 3. The van der Waals surface area contributed by atoms with E-state index in [0.29, 0.717) is 0 Å². The van der Waals surface area contributed by atoms with Gasteiger partial charge in [0.05, 0.1) is 5.56 Å². The zero-order valence-corrected chi connectivity index (χ0v) is 16.7. The largest absolute Gasteiger partial charge is 0.356 e. The SMILES string of the molecule is CN1CCCN(C(=O)c2ccc3ccc(N(C)Cc4ccccc4)n3c2)CC1. The molecule has 146 valence electrons. The molecule has 2 aromatic heterocycles. The van der Waals surface area contributed by atoms with Crippen molar-refractivity contribution in [1.82, 2.24) is 14.2 Å². The molecule has 0 N–H and O–H groups in total. The van der Waals surface area contributed by atoms with Crippen molar-refractivity contribution in [3.63, 3.8) is 0 Å². The van der Waals surface area contributed by atoms with Gasteiger partial charge in [0.25, 0.3) is 5.91 Å². The summed E-state index contributed by atoms with van der Waals surface area (Å²) in [7, 11) is 4.21. The monoisotopic (exact) mass is 376 g/mol. The number of carbonyl (C=O) groups excluding carboxylic acids is 1. The van der Waals surface area contributed by atoms with Crippen LogP contribution in [-0.2, 0) is 6.54 Å². The molecule has 0 atom stereocenters. The summed E-state index contributed by atoms with van der Waals surface area (Å²) in [4.78, 5) is 19.6. The number of likely N-dealkylation sites (N-methyl/N-ethyl adjacent to an activating group) is 1. The van der Waals surface area contributed by atoms with E-state index in [9.17, 15) is 4.79 Å². The van der Waals surface area contributed by atoms with E-state index in [1.807, 2.05) is 29.3 Å². The van der Waals surface area contributed by atoms with Gasteiger partial charge in [-0.1, -0.05) is 30.3 Å². The molecule has 0 spiro atoms. The third-order valence-corrected chi connectivity index (χ3v) is 5.54. The summed E-state index contributed by atoms with van der Waals surface area (Å²) in [5.74, 6) is 1.21. The molecule has 1 aromatic carbocycles. The Labute approximate surface area is 166 Å². The molecule has 28 heavy (non-hydrogen) atoms. The summed E-state index contributed by atoms with van der Waals surface area (Å²) in [5.41, 5.74) is 3.12.